The Kier molecular flexibility index (Phi) is 10.8. The third kappa shape index (κ3) is 7.64. The smallest absolute Gasteiger partial charge is 0.264 e. The first-order chi connectivity index (χ1) is 19.0. The molecule has 1 N–H and O–H groups in total. The predicted molar refractivity (Wildman–Crippen MR) is 161 cm³/mol. The average Bonchev–Trinajstić information content (AvgIpc) is 2.90. The second kappa shape index (κ2) is 13.8. The number of hydrogen-bond acceptors (Lipinski definition) is 4. The first-order valence-electron chi connectivity index (χ1n) is 13.5. The number of nitrogens with zero attached hydrogens (tertiary/aromatic N) is 2. The van der Waals surface area contributed by atoms with Gasteiger partial charge in [-0.15, -0.1) is 0 Å². The van der Waals surface area contributed by atoms with Crippen molar-refractivity contribution in [2.45, 2.75) is 64.9 Å². The summed E-state index contributed by atoms with van der Waals surface area (Å²) in [6.45, 7) is 9.46. The molecular weight excluding hydrogens is 546 g/mol. The van der Waals surface area contributed by atoms with E-state index in [1.807, 2.05) is 46.8 Å². The summed E-state index contributed by atoms with van der Waals surface area (Å²) in [6.07, 6.45) is 1.09. The average molecular weight is 584 g/mol. The lowest BCUT2D eigenvalue weighted by molar-refractivity contribution is -0.140. The first-order valence-corrected chi connectivity index (χ1v) is 15.3. The van der Waals surface area contributed by atoms with Crippen molar-refractivity contribution in [2.75, 3.05) is 17.4 Å². The normalized spacial score (nSPS) is 12.1. The molecule has 3 rings (SSSR count). The van der Waals surface area contributed by atoms with Crippen molar-refractivity contribution in [3.05, 3.63) is 94.0 Å². The molecule has 0 aliphatic heterocycles. The van der Waals surface area contributed by atoms with Gasteiger partial charge in [-0.3, -0.25) is 13.9 Å². The van der Waals surface area contributed by atoms with Crippen molar-refractivity contribution < 1.29 is 18.0 Å². The van der Waals surface area contributed by atoms with Crippen LogP contribution in [0.3, 0.4) is 0 Å². The van der Waals surface area contributed by atoms with E-state index in [0.717, 1.165) is 27.4 Å². The Labute approximate surface area is 243 Å². The number of amides is 2. The molecule has 0 aromatic heterocycles. The first kappa shape index (κ1) is 31.2. The topological polar surface area (TPSA) is 86.8 Å². The van der Waals surface area contributed by atoms with Crippen LogP contribution in [0.5, 0.6) is 0 Å². The van der Waals surface area contributed by atoms with Crippen LogP contribution < -0.4 is 9.62 Å². The quantitative estimate of drug-likeness (QED) is 0.292. The third-order valence-corrected chi connectivity index (χ3v) is 8.77. The summed E-state index contributed by atoms with van der Waals surface area (Å²) < 4.78 is 29.1. The minimum absolute atomic E-state index is 0.0574. The van der Waals surface area contributed by atoms with Gasteiger partial charge in [0.25, 0.3) is 10.0 Å². The Balaban J connectivity index is 2.10. The van der Waals surface area contributed by atoms with Gasteiger partial charge >= 0.3 is 0 Å². The number of carbonyl (C=O) groups excluding carboxylic acids is 2. The van der Waals surface area contributed by atoms with Gasteiger partial charge in [0.2, 0.25) is 11.8 Å². The van der Waals surface area contributed by atoms with E-state index >= 15 is 0 Å². The van der Waals surface area contributed by atoms with E-state index in [-0.39, 0.29) is 17.3 Å². The molecule has 0 spiro atoms. The van der Waals surface area contributed by atoms with Crippen LogP contribution in [-0.4, -0.2) is 44.3 Å². The molecule has 0 saturated carbocycles. The molecule has 0 bridgehead atoms. The van der Waals surface area contributed by atoms with Gasteiger partial charge in [-0.05, 0) is 80.6 Å². The maximum absolute atomic E-state index is 14.1. The summed E-state index contributed by atoms with van der Waals surface area (Å²) >= 11 is 6.44. The van der Waals surface area contributed by atoms with Gasteiger partial charge in [0.1, 0.15) is 12.6 Å². The van der Waals surface area contributed by atoms with Crippen molar-refractivity contribution in [2.24, 2.45) is 0 Å². The standard InChI is InChI=1S/C31H38ClN3O4S/c1-6-16-33-31(37)29(7-2)34(20-25-10-8-9-11-28(25)32)30(36)21-35(26-18-23(4)17-24(5)19-26)40(38,39)27-14-12-22(3)13-15-27/h8-15,17-19,29H,6-7,16,20-21H2,1-5H3,(H,33,37)/t29-/m0/s1. The molecule has 0 aliphatic carbocycles. The number of anilines is 1. The van der Waals surface area contributed by atoms with Gasteiger partial charge in [0.05, 0.1) is 10.6 Å². The number of carbonyl (C=O) groups is 2. The van der Waals surface area contributed by atoms with Crippen LogP contribution in [0.4, 0.5) is 5.69 Å². The van der Waals surface area contributed by atoms with Gasteiger partial charge in [0.15, 0.2) is 0 Å². The highest BCUT2D eigenvalue weighted by Crippen LogP contribution is 2.27. The third-order valence-electron chi connectivity index (χ3n) is 6.62. The lowest BCUT2D eigenvalue weighted by Gasteiger charge is -2.33. The zero-order chi connectivity index (χ0) is 29.4. The molecule has 0 heterocycles. The van der Waals surface area contributed by atoms with Crippen LogP contribution in [0.25, 0.3) is 0 Å². The van der Waals surface area contributed by atoms with Crippen LogP contribution in [0.1, 0.15) is 48.9 Å². The summed E-state index contributed by atoms with van der Waals surface area (Å²) in [5, 5.41) is 3.34. The number of benzene rings is 3. The van der Waals surface area contributed by atoms with E-state index in [9.17, 15) is 18.0 Å². The van der Waals surface area contributed by atoms with Gasteiger partial charge in [0, 0.05) is 18.1 Å². The van der Waals surface area contributed by atoms with Crippen LogP contribution in [0, 0.1) is 20.8 Å². The number of hydrogen-bond donors (Lipinski definition) is 1. The molecule has 7 nitrogen and oxygen atoms in total. The van der Waals surface area contributed by atoms with E-state index in [2.05, 4.69) is 5.32 Å². The highest BCUT2D eigenvalue weighted by molar-refractivity contribution is 7.92. The number of sulfonamides is 1. The maximum atomic E-state index is 14.1. The highest BCUT2D eigenvalue weighted by atomic mass is 35.5. The van der Waals surface area contributed by atoms with Crippen molar-refractivity contribution in [1.29, 1.82) is 0 Å². The van der Waals surface area contributed by atoms with Crippen LogP contribution in [-0.2, 0) is 26.2 Å². The highest BCUT2D eigenvalue weighted by Gasteiger charge is 2.34. The minimum Gasteiger partial charge on any atom is -0.354 e. The van der Waals surface area contributed by atoms with E-state index < -0.39 is 28.5 Å². The van der Waals surface area contributed by atoms with Crippen LogP contribution in [0.15, 0.2) is 71.6 Å². The van der Waals surface area contributed by atoms with E-state index in [4.69, 9.17) is 11.6 Å². The second-order valence-electron chi connectivity index (χ2n) is 10.00. The zero-order valence-corrected chi connectivity index (χ0v) is 25.3. The Morgan fingerprint density at radius 3 is 2.10 bits per heavy atom. The molecule has 3 aromatic rings. The van der Waals surface area contributed by atoms with E-state index in [0.29, 0.717) is 29.2 Å². The number of halogens is 1. The Bertz CT molecular complexity index is 1420. The predicted octanol–water partition coefficient (Wildman–Crippen LogP) is 5.79. The molecule has 0 fully saturated rings. The SMILES string of the molecule is CCCNC(=O)[C@H](CC)N(Cc1ccccc1Cl)C(=O)CN(c1cc(C)cc(C)c1)S(=O)(=O)c1ccc(C)cc1. The lowest BCUT2D eigenvalue weighted by atomic mass is 10.1. The van der Waals surface area contributed by atoms with E-state index in [1.165, 1.54) is 4.90 Å². The summed E-state index contributed by atoms with van der Waals surface area (Å²) in [6, 6.07) is 18.3. The van der Waals surface area contributed by atoms with Crippen LogP contribution >= 0.6 is 11.6 Å². The zero-order valence-electron chi connectivity index (χ0n) is 23.8. The maximum Gasteiger partial charge on any atom is 0.264 e. The van der Waals surface area contributed by atoms with Crippen molar-refractivity contribution >= 4 is 39.1 Å². The van der Waals surface area contributed by atoms with Crippen molar-refractivity contribution in [3.63, 3.8) is 0 Å². The molecule has 40 heavy (non-hydrogen) atoms. The van der Waals surface area contributed by atoms with E-state index in [1.54, 1.807) is 54.6 Å². The van der Waals surface area contributed by atoms with Crippen molar-refractivity contribution in [3.8, 4) is 0 Å². The molecule has 3 aromatic carbocycles. The fourth-order valence-corrected chi connectivity index (χ4v) is 6.15. The molecule has 0 radical (unpaired) electrons. The van der Waals surface area contributed by atoms with Gasteiger partial charge in [-0.25, -0.2) is 8.42 Å². The fraction of sp³-hybridized carbons (Fsp3) is 0.355. The van der Waals surface area contributed by atoms with Gasteiger partial charge < -0.3 is 10.2 Å². The molecule has 0 unspecified atom stereocenters. The largest absolute Gasteiger partial charge is 0.354 e. The molecule has 1 atom stereocenters. The Morgan fingerprint density at radius 2 is 1.52 bits per heavy atom. The summed E-state index contributed by atoms with van der Waals surface area (Å²) in [4.78, 5) is 28.8. The molecule has 0 aliphatic rings. The summed E-state index contributed by atoms with van der Waals surface area (Å²) in [5.41, 5.74) is 3.70. The van der Waals surface area contributed by atoms with Gasteiger partial charge in [-0.1, -0.05) is 67.4 Å². The van der Waals surface area contributed by atoms with Gasteiger partial charge in [-0.2, -0.15) is 0 Å². The molecule has 2 amide bonds. The lowest BCUT2D eigenvalue weighted by Crippen LogP contribution is -2.52. The summed E-state index contributed by atoms with van der Waals surface area (Å²) in [5.74, 6) is -0.794. The number of nitrogens with one attached hydrogen (secondary N) is 1. The minimum atomic E-state index is -4.12. The molecule has 9 heteroatoms. The Morgan fingerprint density at radius 1 is 0.900 bits per heavy atom. The molecule has 214 valence electrons. The molecule has 0 saturated heterocycles. The summed E-state index contributed by atoms with van der Waals surface area (Å²) in [7, 11) is -4.12. The molecular formula is C31H38ClN3O4S. The van der Waals surface area contributed by atoms with Crippen molar-refractivity contribution in [1.82, 2.24) is 10.2 Å². The number of rotatable bonds is 12. The van der Waals surface area contributed by atoms with Crippen LogP contribution in [0.2, 0.25) is 5.02 Å². The Hall–Kier alpha value is -3.36. The fourth-order valence-electron chi connectivity index (χ4n) is 4.56. The number of aryl methyl sites for hydroxylation is 3. The monoisotopic (exact) mass is 583 g/mol. The second-order valence-corrected chi connectivity index (χ2v) is 12.3.